The number of carbonyl (C=O) groups is 4. The third-order valence-electron chi connectivity index (χ3n) is 5.18. The number of rotatable bonds is 9. The predicted molar refractivity (Wildman–Crippen MR) is 136 cm³/mol. The highest BCUT2D eigenvalue weighted by atomic mass is 79.9. The molecule has 3 heterocycles. The van der Waals surface area contributed by atoms with Crippen LogP contribution >= 0.6 is 27.7 Å². The Hall–Kier alpha value is -3.39. The number of thioether (sulfide) groups is 1. The number of likely N-dealkylation sites (N-methyl/N-ethyl adjacent to an activating group) is 1. The van der Waals surface area contributed by atoms with Crippen molar-refractivity contribution in [3.63, 3.8) is 0 Å². The van der Waals surface area contributed by atoms with E-state index >= 15 is 0 Å². The van der Waals surface area contributed by atoms with Crippen LogP contribution in [-0.2, 0) is 9.59 Å². The zero-order chi connectivity index (χ0) is 24.9. The van der Waals surface area contributed by atoms with Gasteiger partial charge in [-0.2, -0.15) is 4.98 Å². The van der Waals surface area contributed by atoms with Crippen LogP contribution in [0.4, 0.5) is 32.7 Å². The van der Waals surface area contributed by atoms with Crippen molar-refractivity contribution in [2.45, 2.75) is 12.5 Å². The van der Waals surface area contributed by atoms with E-state index in [4.69, 9.17) is 0 Å². The Bertz CT molecular complexity index is 1170. The molecule has 35 heavy (non-hydrogen) atoms. The number of hydrogen-bond donors (Lipinski definition) is 4. The minimum Gasteiger partial charge on any atom is -0.369 e. The SMILES string of the molecule is CN1CC(=O)N(c2cccc(Nc3ncc(Br)c(NCCCNC(=O)[C@@H]4CSC(=O)N4)n3)c2)C1=O. The third kappa shape index (κ3) is 6.00. The van der Waals surface area contributed by atoms with Crippen LogP contribution in [0.3, 0.4) is 0 Å². The van der Waals surface area contributed by atoms with E-state index in [1.54, 1.807) is 37.5 Å². The van der Waals surface area contributed by atoms with Crippen LogP contribution in [0.15, 0.2) is 34.9 Å². The van der Waals surface area contributed by atoms with Gasteiger partial charge in [-0.15, -0.1) is 0 Å². The number of halogens is 1. The minimum atomic E-state index is -0.480. The summed E-state index contributed by atoms with van der Waals surface area (Å²) in [4.78, 5) is 58.9. The smallest absolute Gasteiger partial charge is 0.331 e. The van der Waals surface area contributed by atoms with Gasteiger partial charge in [-0.05, 0) is 40.5 Å². The Morgan fingerprint density at radius 3 is 2.83 bits per heavy atom. The molecule has 0 radical (unpaired) electrons. The molecule has 4 rings (SSSR count). The van der Waals surface area contributed by atoms with Crippen LogP contribution in [0.2, 0.25) is 0 Å². The van der Waals surface area contributed by atoms with Crippen LogP contribution in [0.25, 0.3) is 0 Å². The number of carbonyl (C=O) groups excluding carboxylic acids is 4. The molecule has 2 fully saturated rings. The van der Waals surface area contributed by atoms with E-state index in [0.29, 0.717) is 52.9 Å². The molecule has 14 heteroatoms. The van der Waals surface area contributed by atoms with Gasteiger partial charge in [0.25, 0.3) is 11.1 Å². The zero-order valence-electron chi connectivity index (χ0n) is 18.7. The largest absolute Gasteiger partial charge is 0.369 e. The molecule has 12 nitrogen and oxygen atoms in total. The number of aromatic nitrogens is 2. The summed E-state index contributed by atoms with van der Waals surface area (Å²) in [5, 5.41) is 11.5. The molecule has 2 saturated heterocycles. The second-order valence-corrected chi connectivity index (χ2v) is 9.65. The van der Waals surface area contributed by atoms with Crippen molar-refractivity contribution >= 4 is 73.9 Å². The van der Waals surface area contributed by atoms with Crippen LogP contribution in [0, 0.1) is 0 Å². The predicted octanol–water partition coefficient (Wildman–Crippen LogP) is 2.12. The number of nitrogens with one attached hydrogen (secondary N) is 4. The summed E-state index contributed by atoms with van der Waals surface area (Å²) in [7, 11) is 1.58. The van der Waals surface area contributed by atoms with Crippen molar-refractivity contribution in [3.8, 4) is 0 Å². The number of amides is 5. The van der Waals surface area contributed by atoms with Crippen LogP contribution in [-0.4, -0.2) is 76.4 Å². The molecule has 0 aliphatic carbocycles. The van der Waals surface area contributed by atoms with Gasteiger partial charge < -0.3 is 26.2 Å². The van der Waals surface area contributed by atoms with Gasteiger partial charge in [-0.25, -0.2) is 14.7 Å². The topological polar surface area (TPSA) is 149 Å². The molecular weight excluding hydrogens is 540 g/mol. The van der Waals surface area contributed by atoms with E-state index in [1.807, 2.05) is 0 Å². The molecule has 0 bridgehead atoms. The van der Waals surface area contributed by atoms with Crippen LogP contribution in [0.1, 0.15) is 6.42 Å². The molecule has 1 atom stereocenters. The van der Waals surface area contributed by atoms with Gasteiger partial charge in [0.2, 0.25) is 11.9 Å². The number of hydrogen-bond acceptors (Lipinski definition) is 9. The average Bonchev–Trinajstić information content (AvgIpc) is 3.37. The lowest BCUT2D eigenvalue weighted by Crippen LogP contribution is -2.43. The number of urea groups is 1. The summed E-state index contributed by atoms with van der Waals surface area (Å²) < 4.78 is 0.669. The van der Waals surface area contributed by atoms with E-state index in [0.717, 1.165) is 16.7 Å². The van der Waals surface area contributed by atoms with Gasteiger partial charge in [0.05, 0.1) is 10.2 Å². The van der Waals surface area contributed by atoms with Crippen molar-refractivity contribution in [2.24, 2.45) is 0 Å². The van der Waals surface area contributed by atoms with Crippen molar-refractivity contribution < 1.29 is 19.2 Å². The molecule has 4 N–H and O–H groups in total. The van der Waals surface area contributed by atoms with Gasteiger partial charge in [0.15, 0.2) is 0 Å². The minimum absolute atomic E-state index is 0.0429. The van der Waals surface area contributed by atoms with Gasteiger partial charge >= 0.3 is 6.03 Å². The van der Waals surface area contributed by atoms with Crippen molar-refractivity contribution in [3.05, 3.63) is 34.9 Å². The molecule has 2 aliphatic rings. The first-order valence-corrected chi connectivity index (χ1v) is 12.5. The van der Waals surface area contributed by atoms with E-state index in [1.165, 1.54) is 4.90 Å². The maximum absolute atomic E-state index is 12.3. The highest BCUT2D eigenvalue weighted by molar-refractivity contribution is 9.10. The fourth-order valence-electron chi connectivity index (χ4n) is 3.43. The quantitative estimate of drug-likeness (QED) is 0.266. The number of imide groups is 1. The second kappa shape index (κ2) is 10.9. The number of anilines is 4. The summed E-state index contributed by atoms with van der Waals surface area (Å²) in [6.07, 6.45) is 2.25. The zero-order valence-corrected chi connectivity index (χ0v) is 21.1. The molecular formula is C21H23BrN8O4S. The molecule has 2 aromatic rings. The molecule has 0 spiro atoms. The first-order chi connectivity index (χ1) is 16.8. The Kier molecular flexibility index (Phi) is 7.70. The van der Waals surface area contributed by atoms with E-state index in [9.17, 15) is 19.2 Å². The van der Waals surface area contributed by atoms with Gasteiger partial charge in [0.1, 0.15) is 18.4 Å². The van der Waals surface area contributed by atoms with Crippen LogP contribution < -0.4 is 26.2 Å². The Morgan fingerprint density at radius 2 is 2.11 bits per heavy atom. The summed E-state index contributed by atoms with van der Waals surface area (Å²) in [6, 6.07) is 6.03. The summed E-state index contributed by atoms with van der Waals surface area (Å²) in [6.45, 7) is 1.04. The second-order valence-electron chi connectivity index (χ2n) is 7.80. The van der Waals surface area contributed by atoms with Crippen molar-refractivity contribution in [1.29, 1.82) is 0 Å². The lowest BCUT2D eigenvalue weighted by atomic mass is 10.2. The maximum Gasteiger partial charge on any atom is 0.331 e. The van der Waals surface area contributed by atoms with Gasteiger partial charge in [-0.3, -0.25) is 14.4 Å². The number of benzene rings is 1. The standard InChI is InChI=1S/C21H23BrN8O4S/c1-29-10-16(31)30(21(29)34)13-5-2-4-12(8-13)26-19-25-9-14(22)17(28-19)23-6-3-7-24-18(32)15-11-35-20(33)27-15/h2,4-5,8-9,15H,3,6-7,10-11H2,1H3,(H,24,32)(H,27,33)(H2,23,25,26,28)/t15-/m0/s1. The van der Waals surface area contributed by atoms with E-state index in [-0.39, 0.29) is 29.6 Å². The van der Waals surface area contributed by atoms with Gasteiger partial charge in [0, 0.05) is 37.8 Å². The molecule has 0 saturated carbocycles. The first-order valence-electron chi connectivity index (χ1n) is 10.7. The lowest BCUT2D eigenvalue weighted by molar-refractivity contribution is -0.122. The molecule has 184 valence electrons. The molecule has 5 amide bonds. The fourth-order valence-corrected chi connectivity index (χ4v) is 4.54. The molecule has 1 aromatic carbocycles. The average molecular weight is 563 g/mol. The Balaban J connectivity index is 1.31. The molecule has 2 aliphatic heterocycles. The normalized spacial score (nSPS) is 17.5. The molecule has 0 unspecified atom stereocenters. The van der Waals surface area contributed by atoms with Crippen LogP contribution in [0.5, 0.6) is 0 Å². The number of nitrogens with zero attached hydrogens (tertiary/aromatic N) is 4. The van der Waals surface area contributed by atoms with Gasteiger partial charge in [-0.1, -0.05) is 17.8 Å². The third-order valence-corrected chi connectivity index (χ3v) is 6.64. The lowest BCUT2D eigenvalue weighted by Gasteiger charge is -2.15. The summed E-state index contributed by atoms with van der Waals surface area (Å²) in [5.41, 5.74) is 1.08. The summed E-state index contributed by atoms with van der Waals surface area (Å²) >= 11 is 4.52. The first kappa shape index (κ1) is 24.7. The monoisotopic (exact) mass is 562 g/mol. The molecule has 1 aromatic heterocycles. The highest BCUT2D eigenvalue weighted by Crippen LogP contribution is 2.26. The van der Waals surface area contributed by atoms with Crippen molar-refractivity contribution in [2.75, 3.05) is 48.0 Å². The Morgan fingerprint density at radius 1 is 1.29 bits per heavy atom. The van der Waals surface area contributed by atoms with E-state index < -0.39 is 6.04 Å². The fraction of sp³-hybridized carbons (Fsp3) is 0.333. The van der Waals surface area contributed by atoms with Crippen molar-refractivity contribution in [1.82, 2.24) is 25.5 Å². The Labute approximate surface area is 213 Å². The maximum atomic E-state index is 12.3. The van der Waals surface area contributed by atoms with E-state index in [2.05, 4.69) is 47.2 Å². The summed E-state index contributed by atoms with van der Waals surface area (Å²) in [5.74, 6) is 0.855. The highest BCUT2D eigenvalue weighted by Gasteiger charge is 2.34.